The van der Waals surface area contributed by atoms with E-state index in [1.807, 2.05) is 11.4 Å². The molecule has 16 heavy (non-hydrogen) atoms. The van der Waals surface area contributed by atoms with E-state index in [0.717, 1.165) is 10.4 Å². The quantitative estimate of drug-likeness (QED) is 0.648. The van der Waals surface area contributed by atoms with Crippen LogP contribution in [0.3, 0.4) is 0 Å². The van der Waals surface area contributed by atoms with E-state index in [1.165, 1.54) is 17.4 Å². The van der Waals surface area contributed by atoms with E-state index in [4.69, 9.17) is 5.11 Å². The molecule has 0 unspecified atom stereocenters. The number of hydrogen-bond acceptors (Lipinski definition) is 3. The Morgan fingerprint density at radius 1 is 1.19 bits per heavy atom. The molecule has 3 heteroatoms. The van der Waals surface area contributed by atoms with Gasteiger partial charge in [-0.1, -0.05) is 24.3 Å². The Kier molecular flexibility index (Phi) is 3.17. The third-order valence-corrected chi connectivity index (χ3v) is 2.97. The minimum absolute atomic E-state index is 0.00285. The zero-order valence-electron chi connectivity index (χ0n) is 8.46. The first-order valence-electron chi connectivity index (χ1n) is 4.80. The predicted molar refractivity (Wildman–Crippen MR) is 65.8 cm³/mol. The van der Waals surface area contributed by atoms with Crippen molar-refractivity contribution >= 4 is 23.2 Å². The van der Waals surface area contributed by atoms with Crippen LogP contribution in [0.4, 0.5) is 0 Å². The van der Waals surface area contributed by atoms with Gasteiger partial charge in [0.1, 0.15) is 5.75 Å². The number of rotatable bonds is 3. The summed E-state index contributed by atoms with van der Waals surface area (Å²) in [5.41, 5.74) is 0.891. The first kappa shape index (κ1) is 10.6. The van der Waals surface area contributed by atoms with Crippen molar-refractivity contribution in [3.8, 4) is 5.75 Å². The molecule has 1 N–H and O–H groups in total. The normalized spacial score (nSPS) is 10.8. The number of thiophene rings is 1. The highest BCUT2D eigenvalue weighted by atomic mass is 32.1. The Morgan fingerprint density at radius 2 is 1.94 bits per heavy atom. The van der Waals surface area contributed by atoms with Gasteiger partial charge in [-0.25, -0.2) is 0 Å². The molecule has 0 saturated heterocycles. The molecule has 1 aromatic carbocycles. The molecule has 1 aromatic heterocycles. The molecule has 0 bridgehead atoms. The Morgan fingerprint density at radius 3 is 2.56 bits per heavy atom. The summed E-state index contributed by atoms with van der Waals surface area (Å²) < 4.78 is 0. The molecule has 1 heterocycles. The van der Waals surface area contributed by atoms with Crippen LogP contribution in [-0.4, -0.2) is 10.9 Å². The van der Waals surface area contributed by atoms with Crippen molar-refractivity contribution in [2.24, 2.45) is 0 Å². The molecular weight excluding hydrogens is 220 g/mol. The van der Waals surface area contributed by atoms with Gasteiger partial charge in [0.2, 0.25) is 0 Å². The summed E-state index contributed by atoms with van der Waals surface area (Å²) in [5, 5.41) is 11.0. The lowest BCUT2D eigenvalue weighted by atomic mass is 10.2. The number of phenols is 1. The highest BCUT2D eigenvalue weighted by Crippen LogP contribution is 2.13. The van der Waals surface area contributed by atoms with Crippen LogP contribution in [0.15, 0.2) is 47.9 Å². The van der Waals surface area contributed by atoms with Gasteiger partial charge in [0, 0.05) is 0 Å². The van der Waals surface area contributed by atoms with E-state index in [0.29, 0.717) is 0 Å². The summed E-state index contributed by atoms with van der Waals surface area (Å²) in [6.07, 6.45) is 3.28. The standard InChI is InChI=1S/C13H10O2S/c14-11-6-3-10(4-7-11)5-8-12(15)13-2-1-9-16-13/h1-9,14H/b8-5+. The SMILES string of the molecule is O=C(/C=C/c1ccc(O)cc1)c1cccs1. The zero-order valence-corrected chi connectivity index (χ0v) is 9.28. The summed E-state index contributed by atoms with van der Waals surface area (Å²) in [4.78, 5) is 12.4. The summed E-state index contributed by atoms with van der Waals surface area (Å²) >= 11 is 1.43. The van der Waals surface area contributed by atoms with Crippen molar-refractivity contribution in [2.45, 2.75) is 0 Å². The summed E-state index contributed by atoms with van der Waals surface area (Å²) in [6, 6.07) is 10.4. The van der Waals surface area contributed by atoms with E-state index < -0.39 is 0 Å². The molecule has 2 aromatic rings. The van der Waals surface area contributed by atoms with Crippen molar-refractivity contribution in [1.82, 2.24) is 0 Å². The number of hydrogen-bond donors (Lipinski definition) is 1. The number of allylic oxidation sites excluding steroid dienone is 1. The predicted octanol–water partition coefficient (Wildman–Crippen LogP) is 3.35. The van der Waals surface area contributed by atoms with Crippen molar-refractivity contribution in [2.75, 3.05) is 0 Å². The zero-order chi connectivity index (χ0) is 11.4. The first-order valence-corrected chi connectivity index (χ1v) is 5.68. The third kappa shape index (κ3) is 2.58. The van der Waals surface area contributed by atoms with E-state index >= 15 is 0 Å². The summed E-state index contributed by atoms with van der Waals surface area (Å²) in [6.45, 7) is 0. The van der Waals surface area contributed by atoms with Crippen LogP contribution < -0.4 is 0 Å². The summed E-state index contributed by atoms with van der Waals surface area (Å²) in [7, 11) is 0. The molecule has 0 amide bonds. The van der Waals surface area contributed by atoms with E-state index in [1.54, 1.807) is 36.4 Å². The highest BCUT2D eigenvalue weighted by Gasteiger charge is 2.01. The molecular formula is C13H10O2S. The Balaban J connectivity index is 2.10. The van der Waals surface area contributed by atoms with Gasteiger partial charge in [0.15, 0.2) is 5.78 Å². The lowest BCUT2D eigenvalue weighted by molar-refractivity contribution is 0.105. The van der Waals surface area contributed by atoms with Crippen LogP contribution in [0.25, 0.3) is 6.08 Å². The Hall–Kier alpha value is -1.87. The Bertz CT molecular complexity index is 495. The molecule has 0 aliphatic heterocycles. The second-order valence-corrected chi connectivity index (χ2v) is 4.21. The second-order valence-electron chi connectivity index (χ2n) is 3.27. The maximum absolute atomic E-state index is 11.6. The van der Waals surface area contributed by atoms with Crippen molar-refractivity contribution in [3.63, 3.8) is 0 Å². The number of carbonyl (C=O) groups excluding carboxylic acids is 1. The van der Waals surface area contributed by atoms with E-state index in [2.05, 4.69) is 0 Å². The maximum Gasteiger partial charge on any atom is 0.195 e. The van der Waals surface area contributed by atoms with Crippen LogP contribution in [0, 0.1) is 0 Å². The molecule has 2 rings (SSSR count). The molecule has 0 aliphatic carbocycles. The van der Waals surface area contributed by atoms with Gasteiger partial charge in [-0.2, -0.15) is 0 Å². The van der Waals surface area contributed by atoms with Gasteiger partial charge in [-0.3, -0.25) is 4.79 Å². The van der Waals surface area contributed by atoms with Crippen molar-refractivity contribution in [3.05, 3.63) is 58.3 Å². The number of benzene rings is 1. The lowest BCUT2D eigenvalue weighted by Gasteiger charge is -1.93. The second kappa shape index (κ2) is 4.77. The molecule has 0 spiro atoms. The monoisotopic (exact) mass is 230 g/mol. The number of phenolic OH excluding ortho intramolecular Hbond substituents is 1. The fourth-order valence-corrected chi connectivity index (χ4v) is 1.90. The fourth-order valence-electron chi connectivity index (χ4n) is 1.26. The molecule has 0 aliphatic rings. The lowest BCUT2D eigenvalue weighted by Crippen LogP contribution is -1.88. The van der Waals surface area contributed by atoms with Crippen LogP contribution in [0.2, 0.25) is 0 Å². The molecule has 2 nitrogen and oxygen atoms in total. The van der Waals surface area contributed by atoms with Crippen LogP contribution in [-0.2, 0) is 0 Å². The molecule has 0 saturated carbocycles. The molecule has 0 atom stereocenters. The van der Waals surface area contributed by atoms with Crippen molar-refractivity contribution < 1.29 is 9.90 Å². The number of carbonyl (C=O) groups is 1. The average Bonchev–Trinajstić information content (AvgIpc) is 2.81. The molecule has 0 radical (unpaired) electrons. The van der Waals surface area contributed by atoms with E-state index in [-0.39, 0.29) is 11.5 Å². The molecule has 0 fully saturated rings. The maximum atomic E-state index is 11.6. The van der Waals surface area contributed by atoms with Gasteiger partial charge in [-0.05, 0) is 35.2 Å². The van der Waals surface area contributed by atoms with Gasteiger partial charge >= 0.3 is 0 Å². The minimum atomic E-state index is 0.00285. The topological polar surface area (TPSA) is 37.3 Å². The van der Waals surface area contributed by atoms with E-state index in [9.17, 15) is 4.79 Å². The summed E-state index contributed by atoms with van der Waals surface area (Å²) in [5.74, 6) is 0.227. The van der Waals surface area contributed by atoms with Crippen molar-refractivity contribution in [1.29, 1.82) is 0 Å². The van der Waals surface area contributed by atoms with Gasteiger partial charge < -0.3 is 5.11 Å². The Labute approximate surface area is 97.5 Å². The van der Waals surface area contributed by atoms with Gasteiger partial charge in [0.25, 0.3) is 0 Å². The molecule has 80 valence electrons. The number of aromatic hydroxyl groups is 1. The van der Waals surface area contributed by atoms with Gasteiger partial charge in [0.05, 0.1) is 4.88 Å². The minimum Gasteiger partial charge on any atom is -0.508 e. The first-order chi connectivity index (χ1) is 7.75. The largest absolute Gasteiger partial charge is 0.508 e. The number of ketones is 1. The smallest absolute Gasteiger partial charge is 0.195 e. The average molecular weight is 230 g/mol. The van der Waals surface area contributed by atoms with Crippen LogP contribution >= 0.6 is 11.3 Å². The highest BCUT2D eigenvalue weighted by molar-refractivity contribution is 7.12. The van der Waals surface area contributed by atoms with Crippen LogP contribution in [0.1, 0.15) is 15.2 Å². The van der Waals surface area contributed by atoms with Gasteiger partial charge in [-0.15, -0.1) is 11.3 Å². The fraction of sp³-hybridized carbons (Fsp3) is 0. The van der Waals surface area contributed by atoms with Crippen LogP contribution in [0.5, 0.6) is 5.75 Å². The third-order valence-electron chi connectivity index (χ3n) is 2.08.